The highest BCUT2D eigenvalue weighted by atomic mass is 79.9. The normalized spacial score (nSPS) is 10.6. The molecule has 0 aliphatic carbocycles. The molecular formula is C18H16BrN3O2. The Bertz CT molecular complexity index is 876. The van der Waals surface area contributed by atoms with Gasteiger partial charge in [-0.25, -0.2) is 0 Å². The summed E-state index contributed by atoms with van der Waals surface area (Å²) in [5, 5.41) is 4.00. The van der Waals surface area contributed by atoms with E-state index >= 15 is 0 Å². The number of carbonyl (C=O) groups excluding carboxylic acids is 1. The molecule has 5 nitrogen and oxygen atoms in total. The molecule has 24 heavy (non-hydrogen) atoms. The quantitative estimate of drug-likeness (QED) is 0.678. The molecule has 0 saturated carbocycles. The predicted octanol–water partition coefficient (Wildman–Crippen LogP) is 4.08. The van der Waals surface area contributed by atoms with Gasteiger partial charge in [0.2, 0.25) is 11.7 Å². The van der Waals surface area contributed by atoms with Gasteiger partial charge in [-0.05, 0) is 41.1 Å². The molecular weight excluding hydrogens is 370 g/mol. The second-order valence-electron chi connectivity index (χ2n) is 5.52. The standard InChI is InChI=1S/C18H16BrN3O2/c1-12-6-5-7-13(10-12)17-20-16(24-21-17)11-22(2)18(23)14-8-3-4-9-15(14)19/h3-10H,11H2,1-2H3. The molecule has 0 fully saturated rings. The van der Waals surface area contributed by atoms with Crippen molar-refractivity contribution in [2.45, 2.75) is 13.5 Å². The Balaban J connectivity index is 1.75. The van der Waals surface area contributed by atoms with Gasteiger partial charge in [-0.3, -0.25) is 4.79 Å². The zero-order valence-corrected chi connectivity index (χ0v) is 14.9. The summed E-state index contributed by atoms with van der Waals surface area (Å²) in [7, 11) is 1.71. The van der Waals surface area contributed by atoms with E-state index in [1.165, 1.54) is 0 Å². The lowest BCUT2D eigenvalue weighted by Crippen LogP contribution is -2.26. The molecule has 0 atom stereocenters. The summed E-state index contributed by atoms with van der Waals surface area (Å²) in [6, 6.07) is 15.2. The zero-order chi connectivity index (χ0) is 17.1. The zero-order valence-electron chi connectivity index (χ0n) is 13.4. The third kappa shape index (κ3) is 3.54. The SMILES string of the molecule is Cc1cccc(-c2noc(CN(C)C(=O)c3ccccc3Br)n2)c1. The van der Waals surface area contributed by atoms with Crippen LogP contribution in [0.15, 0.2) is 57.5 Å². The average molecular weight is 386 g/mol. The summed E-state index contributed by atoms with van der Waals surface area (Å²) in [4.78, 5) is 18.4. The van der Waals surface area contributed by atoms with E-state index < -0.39 is 0 Å². The molecule has 122 valence electrons. The Morgan fingerprint density at radius 2 is 2.00 bits per heavy atom. The van der Waals surface area contributed by atoms with Crippen LogP contribution < -0.4 is 0 Å². The number of aromatic nitrogens is 2. The summed E-state index contributed by atoms with van der Waals surface area (Å²) >= 11 is 3.39. The van der Waals surface area contributed by atoms with Gasteiger partial charge in [-0.15, -0.1) is 0 Å². The first-order chi connectivity index (χ1) is 11.5. The molecule has 0 saturated heterocycles. The molecule has 2 aromatic carbocycles. The van der Waals surface area contributed by atoms with Gasteiger partial charge in [-0.2, -0.15) is 4.98 Å². The van der Waals surface area contributed by atoms with Gasteiger partial charge in [-0.1, -0.05) is 41.1 Å². The van der Waals surface area contributed by atoms with Crippen LogP contribution in [0.4, 0.5) is 0 Å². The lowest BCUT2D eigenvalue weighted by atomic mass is 10.1. The summed E-state index contributed by atoms with van der Waals surface area (Å²) < 4.78 is 6.04. The fourth-order valence-electron chi connectivity index (χ4n) is 2.34. The summed E-state index contributed by atoms with van der Waals surface area (Å²) in [6.45, 7) is 2.26. The average Bonchev–Trinajstić information content (AvgIpc) is 3.03. The molecule has 6 heteroatoms. The van der Waals surface area contributed by atoms with Crippen LogP contribution in [0.3, 0.4) is 0 Å². The van der Waals surface area contributed by atoms with E-state index in [1.54, 1.807) is 18.0 Å². The van der Waals surface area contributed by atoms with Gasteiger partial charge in [0.25, 0.3) is 5.91 Å². The minimum Gasteiger partial charge on any atom is -0.337 e. The van der Waals surface area contributed by atoms with Gasteiger partial charge in [0, 0.05) is 17.1 Å². The van der Waals surface area contributed by atoms with E-state index in [2.05, 4.69) is 26.1 Å². The van der Waals surface area contributed by atoms with Crippen molar-refractivity contribution in [3.05, 3.63) is 70.0 Å². The Kier molecular flexibility index (Phi) is 4.76. The molecule has 1 heterocycles. The van der Waals surface area contributed by atoms with E-state index in [9.17, 15) is 4.79 Å². The van der Waals surface area contributed by atoms with Crippen LogP contribution in [0.25, 0.3) is 11.4 Å². The van der Waals surface area contributed by atoms with E-state index in [-0.39, 0.29) is 12.5 Å². The first-order valence-corrected chi connectivity index (χ1v) is 8.23. The molecule has 0 aliphatic rings. The highest BCUT2D eigenvalue weighted by Crippen LogP contribution is 2.20. The first kappa shape index (κ1) is 16.4. The second-order valence-corrected chi connectivity index (χ2v) is 6.38. The van der Waals surface area contributed by atoms with Crippen LogP contribution in [0.2, 0.25) is 0 Å². The van der Waals surface area contributed by atoms with Crippen LogP contribution >= 0.6 is 15.9 Å². The molecule has 1 amide bonds. The third-order valence-electron chi connectivity index (χ3n) is 3.57. The maximum atomic E-state index is 12.5. The Morgan fingerprint density at radius 1 is 1.21 bits per heavy atom. The summed E-state index contributed by atoms with van der Waals surface area (Å²) in [5.74, 6) is 0.808. The van der Waals surface area contributed by atoms with Crippen molar-refractivity contribution in [2.24, 2.45) is 0 Å². The molecule has 0 spiro atoms. The number of benzene rings is 2. The van der Waals surface area contributed by atoms with Crippen molar-refractivity contribution in [1.82, 2.24) is 15.0 Å². The molecule has 0 radical (unpaired) electrons. The molecule has 0 aliphatic heterocycles. The van der Waals surface area contributed by atoms with Crippen LogP contribution in [-0.2, 0) is 6.54 Å². The fraction of sp³-hybridized carbons (Fsp3) is 0.167. The Hall–Kier alpha value is -2.47. The molecule has 3 rings (SSSR count). The van der Waals surface area contributed by atoms with Crippen LogP contribution in [0.5, 0.6) is 0 Å². The fourth-order valence-corrected chi connectivity index (χ4v) is 2.79. The van der Waals surface area contributed by atoms with E-state index in [0.717, 1.165) is 15.6 Å². The Labute approximate surface area is 148 Å². The maximum absolute atomic E-state index is 12.5. The summed E-state index contributed by atoms with van der Waals surface area (Å²) in [6.07, 6.45) is 0. The molecule has 0 bridgehead atoms. The molecule has 3 aromatic rings. The molecule has 0 N–H and O–H groups in total. The predicted molar refractivity (Wildman–Crippen MR) is 94.4 cm³/mol. The number of hydrogen-bond donors (Lipinski definition) is 0. The lowest BCUT2D eigenvalue weighted by Gasteiger charge is -2.15. The van der Waals surface area contributed by atoms with Crippen molar-refractivity contribution >= 4 is 21.8 Å². The van der Waals surface area contributed by atoms with Crippen LogP contribution in [0, 0.1) is 6.92 Å². The third-order valence-corrected chi connectivity index (χ3v) is 4.26. The van der Waals surface area contributed by atoms with E-state index in [4.69, 9.17) is 4.52 Å². The number of aryl methyl sites for hydroxylation is 1. The van der Waals surface area contributed by atoms with Crippen molar-refractivity contribution in [1.29, 1.82) is 0 Å². The van der Waals surface area contributed by atoms with Gasteiger partial charge in [0.15, 0.2) is 0 Å². The smallest absolute Gasteiger partial charge is 0.255 e. The highest BCUT2D eigenvalue weighted by molar-refractivity contribution is 9.10. The lowest BCUT2D eigenvalue weighted by molar-refractivity contribution is 0.0768. The van der Waals surface area contributed by atoms with Crippen LogP contribution in [-0.4, -0.2) is 28.0 Å². The minimum atomic E-state index is -0.113. The number of nitrogens with zero attached hydrogens (tertiary/aromatic N) is 3. The van der Waals surface area contributed by atoms with E-state index in [1.807, 2.05) is 49.4 Å². The molecule has 1 aromatic heterocycles. The first-order valence-electron chi connectivity index (χ1n) is 7.44. The molecule has 0 unspecified atom stereocenters. The van der Waals surface area contributed by atoms with Crippen molar-refractivity contribution in [3.63, 3.8) is 0 Å². The maximum Gasteiger partial charge on any atom is 0.255 e. The minimum absolute atomic E-state index is 0.113. The summed E-state index contributed by atoms with van der Waals surface area (Å²) in [5.41, 5.74) is 2.61. The van der Waals surface area contributed by atoms with Crippen molar-refractivity contribution in [3.8, 4) is 11.4 Å². The number of rotatable bonds is 4. The topological polar surface area (TPSA) is 59.2 Å². The van der Waals surface area contributed by atoms with Gasteiger partial charge in [0.05, 0.1) is 12.1 Å². The monoisotopic (exact) mass is 385 g/mol. The van der Waals surface area contributed by atoms with Gasteiger partial charge < -0.3 is 9.42 Å². The highest BCUT2D eigenvalue weighted by Gasteiger charge is 2.17. The Morgan fingerprint density at radius 3 is 2.75 bits per heavy atom. The number of carbonyl (C=O) groups is 1. The van der Waals surface area contributed by atoms with E-state index in [0.29, 0.717) is 17.3 Å². The van der Waals surface area contributed by atoms with Crippen molar-refractivity contribution in [2.75, 3.05) is 7.05 Å². The van der Waals surface area contributed by atoms with Crippen molar-refractivity contribution < 1.29 is 9.32 Å². The van der Waals surface area contributed by atoms with Gasteiger partial charge >= 0.3 is 0 Å². The second kappa shape index (κ2) is 6.97. The van der Waals surface area contributed by atoms with Crippen LogP contribution in [0.1, 0.15) is 21.8 Å². The van der Waals surface area contributed by atoms with Gasteiger partial charge in [0.1, 0.15) is 0 Å². The largest absolute Gasteiger partial charge is 0.337 e. The number of amides is 1. The number of halogens is 1. The number of hydrogen-bond acceptors (Lipinski definition) is 4.